The van der Waals surface area contributed by atoms with Crippen LogP contribution in [0.1, 0.15) is 36.5 Å². The Morgan fingerprint density at radius 1 is 1.18 bits per heavy atom. The molecule has 28 heavy (non-hydrogen) atoms. The third kappa shape index (κ3) is 3.57. The van der Waals surface area contributed by atoms with Crippen molar-refractivity contribution in [1.82, 2.24) is 14.8 Å². The number of amides is 1. The lowest BCUT2D eigenvalue weighted by atomic mass is 9.78. The number of alkyl halides is 3. The second-order valence-corrected chi connectivity index (χ2v) is 8.71. The average Bonchev–Trinajstić information content (AvgIpc) is 3.17. The standard InChI is InChI=1S/C18H22F3N5OS/c19-18(20,21)13-4-2-1-3-12(13)15-9-23-17(28-15)26-8-7-25-6-5-24(11-22)10-14(25)16(26)27/h9,12-14H,1-8,10H2/t12-,13-,14-/m1/s1. The summed E-state index contributed by atoms with van der Waals surface area (Å²) in [5.74, 6) is -2.02. The van der Waals surface area contributed by atoms with Crippen LogP contribution in [0.2, 0.25) is 0 Å². The number of carbonyl (C=O) groups is 1. The highest BCUT2D eigenvalue weighted by Crippen LogP contribution is 2.48. The molecule has 0 radical (unpaired) electrons. The van der Waals surface area contributed by atoms with Crippen LogP contribution in [-0.2, 0) is 4.79 Å². The number of hydrogen-bond acceptors (Lipinski definition) is 6. The molecule has 6 nitrogen and oxygen atoms in total. The van der Waals surface area contributed by atoms with Crippen molar-refractivity contribution in [3.05, 3.63) is 11.1 Å². The van der Waals surface area contributed by atoms with Crippen molar-refractivity contribution in [2.45, 2.75) is 43.8 Å². The summed E-state index contributed by atoms with van der Waals surface area (Å²) >= 11 is 1.21. The lowest BCUT2D eigenvalue weighted by Crippen LogP contribution is -2.64. The van der Waals surface area contributed by atoms with Gasteiger partial charge in [0.1, 0.15) is 6.04 Å². The van der Waals surface area contributed by atoms with Crippen LogP contribution in [0.5, 0.6) is 0 Å². The van der Waals surface area contributed by atoms with Crippen molar-refractivity contribution in [2.75, 3.05) is 37.6 Å². The molecule has 10 heteroatoms. The minimum atomic E-state index is -4.21. The highest BCUT2D eigenvalue weighted by molar-refractivity contribution is 7.15. The van der Waals surface area contributed by atoms with Gasteiger partial charge in [0.15, 0.2) is 11.3 Å². The molecule has 3 atom stereocenters. The SMILES string of the molecule is N#CN1CCN2CCN(c3ncc([C@@H]4CCCC[C@H]4C(F)(F)F)s3)C(=O)[C@H]2C1. The third-order valence-electron chi connectivity index (χ3n) is 6.09. The molecule has 1 aliphatic carbocycles. The van der Waals surface area contributed by atoms with Crippen LogP contribution in [0.15, 0.2) is 6.20 Å². The highest BCUT2D eigenvalue weighted by atomic mass is 32.1. The van der Waals surface area contributed by atoms with Gasteiger partial charge in [0.2, 0.25) is 5.91 Å². The van der Waals surface area contributed by atoms with E-state index in [1.54, 1.807) is 9.80 Å². The summed E-state index contributed by atoms with van der Waals surface area (Å²) in [6.45, 7) is 2.78. The molecule has 3 heterocycles. The topological polar surface area (TPSA) is 63.5 Å². The number of rotatable bonds is 2. The maximum atomic E-state index is 13.4. The lowest BCUT2D eigenvalue weighted by molar-refractivity contribution is -0.187. The Balaban J connectivity index is 1.52. The summed E-state index contributed by atoms with van der Waals surface area (Å²) in [4.78, 5) is 23.1. The second-order valence-electron chi connectivity index (χ2n) is 7.67. The molecule has 0 aromatic carbocycles. The van der Waals surface area contributed by atoms with Gasteiger partial charge < -0.3 is 4.90 Å². The van der Waals surface area contributed by atoms with Gasteiger partial charge in [0, 0.05) is 43.2 Å². The normalized spacial score (nSPS) is 29.5. The smallest absolute Gasteiger partial charge is 0.307 e. The number of aromatic nitrogens is 1. The molecule has 1 saturated carbocycles. The number of thiazole rings is 1. The number of carbonyl (C=O) groups excluding carboxylic acids is 1. The van der Waals surface area contributed by atoms with Gasteiger partial charge in [0.25, 0.3) is 0 Å². The van der Waals surface area contributed by atoms with Gasteiger partial charge in [-0.3, -0.25) is 14.6 Å². The Bertz CT molecular complexity index is 776. The maximum absolute atomic E-state index is 13.4. The van der Waals surface area contributed by atoms with E-state index in [0.29, 0.717) is 55.6 Å². The van der Waals surface area contributed by atoms with Crippen molar-refractivity contribution >= 4 is 22.4 Å². The zero-order valence-electron chi connectivity index (χ0n) is 15.4. The van der Waals surface area contributed by atoms with E-state index in [1.807, 2.05) is 0 Å². The lowest BCUT2D eigenvalue weighted by Gasteiger charge is -2.44. The Kier molecular flexibility index (Phi) is 5.22. The van der Waals surface area contributed by atoms with Crippen LogP contribution >= 0.6 is 11.3 Å². The Morgan fingerprint density at radius 3 is 2.68 bits per heavy atom. The number of piperazine rings is 2. The van der Waals surface area contributed by atoms with E-state index >= 15 is 0 Å². The van der Waals surface area contributed by atoms with Crippen molar-refractivity contribution in [3.63, 3.8) is 0 Å². The van der Waals surface area contributed by atoms with Crippen LogP contribution in [0.4, 0.5) is 18.3 Å². The minimum absolute atomic E-state index is 0.122. The van der Waals surface area contributed by atoms with E-state index in [-0.39, 0.29) is 12.3 Å². The number of hydrogen-bond donors (Lipinski definition) is 0. The van der Waals surface area contributed by atoms with E-state index in [0.717, 1.165) is 6.42 Å². The number of fused-ring (bicyclic) bond motifs is 1. The minimum Gasteiger partial charge on any atom is -0.307 e. The summed E-state index contributed by atoms with van der Waals surface area (Å²) in [7, 11) is 0. The molecular formula is C18H22F3N5OS. The van der Waals surface area contributed by atoms with Gasteiger partial charge in [-0.2, -0.15) is 18.4 Å². The van der Waals surface area contributed by atoms with E-state index in [1.165, 1.54) is 17.5 Å². The molecule has 2 saturated heterocycles. The first kappa shape index (κ1) is 19.5. The first-order valence-electron chi connectivity index (χ1n) is 9.61. The predicted molar refractivity (Wildman–Crippen MR) is 97.8 cm³/mol. The fraction of sp³-hybridized carbons (Fsp3) is 0.722. The molecule has 0 bridgehead atoms. The largest absolute Gasteiger partial charge is 0.392 e. The van der Waals surface area contributed by atoms with Gasteiger partial charge in [-0.1, -0.05) is 12.8 Å². The first-order chi connectivity index (χ1) is 13.4. The van der Waals surface area contributed by atoms with E-state index in [4.69, 9.17) is 5.26 Å². The fourth-order valence-electron chi connectivity index (χ4n) is 4.56. The number of nitrogens with zero attached hydrogens (tertiary/aromatic N) is 5. The molecule has 152 valence electrons. The molecule has 4 rings (SSSR count). The van der Waals surface area contributed by atoms with E-state index in [2.05, 4.69) is 16.1 Å². The van der Waals surface area contributed by atoms with Crippen molar-refractivity contribution in [3.8, 4) is 6.19 Å². The molecule has 1 aromatic rings. The van der Waals surface area contributed by atoms with E-state index < -0.39 is 24.1 Å². The molecule has 0 spiro atoms. The van der Waals surface area contributed by atoms with Gasteiger partial charge in [-0.25, -0.2) is 4.98 Å². The average molecular weight is 413 g/mol. The van der Waals surface area contributed by atoms with Gasteiger partial charge in [-0.05, 0) is 12.8 Å². The molecular weight excluding hydrogens is 391 g/mol. The zero-order chi connectivity index (χ0) is 19.9. The zero-order valence-corrected chi connectivity index (χ0v) is 16.2. The fourth-order valence-corrected chi connectivity index (χ4v) is 5.70. The number of anilines is 1. The van der Waals surface area contributed by atoms with Crippen LogP contribution < -0.4 is 4.90 Å². The van der Waals surface area contributed by atoms with Gasteiger partial charge >= 0.3 is 6.18 Å². The van der Waals surface area contributed by atoms with Gasteiger partial charge in [0.05, 0.1) is 12.5 Å². The summed E-state index contributed by atoms with van der Waals surface area (Å²) in [6.07, 6.45) is 1.46. The van der Waals surface area contributed by atoms with Gasteiger partial charge in [-0.15, -0.1) is 11.3 Å². The van der Waals surface area contributed by atoms with Crippen molar-refractivity contribution in [1.29, 1.82) is 5.26 Å². The molecule has 3 aliphatic rings. The Hall–Kier alpha value is -1.86. The molecule has 1 aromatic heterocycles. The van der Waals surface area contributed by atoms with Crippen molar-refractivity contribution < 1.29 is 18.0 Å². The summed E-state index contributed by atoms with van der Waals surface area (Å²) in [5.41, 5.74) is 0. The predicted octanol–water partition coefficient (Wildman–Crippen LogP) is 2.79. The third-order valence-corrected chi connectivity index (χ3v) is 7.24. The monoisotopic (exact) mass is 413 g/mol. The van der Waals surface area contributed by atoms with Crippen molar-refractivity contribution in [2.24, 2.45) is 5.92 Å². The van der Waals surface area contributed by atoms with Crippen LogP contribution in [0.25, 0.3) is 0 Å². The number of nitriles is 1. The molecule has 3 fully saturated rings. The molecule has 1 amide bonds. The number of halogens is 3. The Labute approximate surface area is 165 Å². The van der Waals surface area contributed by atoms with E-state index in [9.17, 15) is 18.0 Å². The summed E-state index contributed by atoms with van der Waals surface area (Å²) < 4.78 is 40.3. The van der Waals surface area contributed by atoms with Crippen LogP contribution in [-0.4, -0.2) is 65.6 Å². The van der Waals surface area contributed by atoms with Crippen LogP contribution in [0, 0.1) is 17.4 Å². The maximum Gasteiger partial charge on any atom is 0.392 e. The summed E-state index contributed by atoms with van der Waals surface area (Å²) in [5, 5.41) is 9.59. The molecule has 0 N–H and O–H groups in total. The van der Waals surface area contributed by atoms with Crippen LogP contribution in [0.3, 0.4) is 0 Å². The highest BCUT2D eigenvalue weighted by Gasteiger charge is 2.47. The summed E-state index contributed by atoms with van der Waals surface area (Å²) in [6, 6.07) is -0.396. The second kappa shape index (κ2) is 7.52. The Morgan fingerprint density at radius 2 is 1.93 bits per heavy atom. The first-order valence-corrected chi connectivity index (χ1v) is 10.4. The molecule has 0 unspecified atom stereocenters. The quantitative estimate of drug-likeness (QED) is 0.698. The molecule has 2 aliphatic heterocycles.